The lowest BCUT2D eigenvalue weighted by atomic mass is 10.1. The van der Waals surface area contributed by atoms with Crippen molar-refractivity contribution in [1.29, 1.82) is 0 Å². The summed E-state index contributed by atoms with van der Waals surface area (Å²) < 4.78 is 1.69. The first-order valence-corrected chi connectivity index (χ1v) is 4.95. The fourth-order valence-electron chi connectivity index (χ4n) is 1.71. The molecule has 2 aromatic heterocycles. The quantitative estimate of drug-likeness (QED) is 0.612. The first-order valence-electron chi connectivity index (χ1n) is 4.95. The van der Waals surface area contributed by atoms with E-state index in [9.17, 15) is 0 Å². The number of tetrazole rings is 1. The van der Waals surface area contributed by atoms with Crippen LogP contribution in [0.3, 0.4) is 0 Å². The Kier molecular flexibility index (Phi) is 1.89. The van der Waals surface area contributed by atoms with E-state index >= 15 is 0 Å². The van der Waals surface area contributed by atoms with Gasteiger partial charge in [0.05, 0.1) is 17.6 Å². The second kappa shape index (κ2) is 3.37. The number of nitrogens with zero attached hydrogens (tertiary/aromatic N) is 5. The van der Waals surface area contributed by atoms with Gasteiger partial charge < -0.3 is 0 Å². The predicted octanol–water partition coefficient (Wildman–Crippen LogP) is 1.49. The molecule has 78 valence electrons. The van der Waals surface area contributed by atoms with Gasteiger partial charge >= 0.3 is 0 Å². The van der Waals surface area contributed by atoms with Crippen molar-refractivity contribution in [3.05, 3.63) is 42.2 Å². The summed E-state index contributed by atoms with van der Waals surface area (Å²) in [5, 5.41) is 11.4. The maximum absolute atomic E-state index is 4.39. The van der Waals surface area contributed by atoms with Crippen molar-refractivity contribution in [3.63, 3.8) is 0 Å². The molecule has 0 saturated carbocycles. The summed E-state index contributed by atoms with van der Waals surface area (Å²) in [6.07, 6.45) is 1.68. The minimum Gasteiger partial charge on any atom is -0.250 e. The van der Waals surface area contributed by atoms with Gasteiger partial charge in [0, 0.05) is 5.56 Å². The molecule has 0 radical (unpaired) electrons. The van der Waals surface area contributed by atoms with Crippen molar-refractivity contribution in [1.82, 2.24) is 25.0 Å². The number of rotatable bonds is 1. The summed E-state index contributed by atoms with van der Waals surface area (Å²) in [5.41, 5.74) is 3.57. The van der Waals surface area contributed by atoms with E-state index in [1.165, 1.54) is 0 Å². The number of aromatic nitrogens is 5. The fraction of sp³-hybridized carbons (Fsp3) is 0.0909. The van der Waals surface area contributed by atoms with Crippen molar-refractivity contribution >= 4 is 5.65 Å². The third-order valence-corrected chi connectivity index (χ3v) is 2.51. The summed E-state index contributed by atoms with van der Waals surface area (Å²) in [7, 11) is 0. The first kappa shape index (κ1) is 8.96. The van der Waals surface area contributed by atoms with Crippen molar-refractivity contribution in [3.8, 4) is 11.3 Å². The zero-order valence-corrected chi connectivity index (χ0v) is 8.70. The Balaban J connectivity index is 2.28. The average molecular weight is 211 g/mol. The Morgan fingerprint density at radius 3 is 2.75 bits per heavy atom. The Morgan fingerprint density at radius 1 is 1.12 bits per heavy atom. The maximum Gasteiger partial charge on any atom is 0.197 e. The fourth-order valence-corrected chi connectivity index (χ4v) is 1.71. The summed E-state index contributed by atoms with van der Waals surface area (Å²) in [6.45, 7) is 1.96. The highest BCUT2D eigenvalue weighted by Gasteiger charge is 2.08. The summed E-state index contributed by atoms with van der Waals surface area (Å²) in [5.74, 6) is 0. The van der Waals surface area contributed by atoms with Gasteiger partial charge in [-0.25, -0.2) is 0 Å². The van der Waals surface area contributed by atoms with Crippen molar-refractivity contribution in [2.75, 3.05) is 0 Å². The highest BCUT2D eigenvalue weighted by atomic mass is 15.5. The molecule has 3 aromatic rings. The molecule has 0 saturated heterocycles. The van der Waals surface area contributed by atoms with Crippen LogP contribution in [-0.2, 0) is 0 Å². The lowest BCUT2D eigenvalue weighted by molar-refractivity contribution is 0.801. The highest BCUT2D eigenvalue weighted by Crippen LogP contribution is 2.19. The van der Waals surface area contributed by atoms with E-state index in [-0.39, 0.29) is 0 Å². The molecule has 0 unspecified atom stereocenters. The van der Waals surface area contributed by atoms with Gasteiger partial charge in [0.15, 0.2) is 5.65 Å². The van der Waals surface area contributed by atoms with Crippen LogP contribution in [0.15, 0.2) is 36.5 Å². The molecule has 5 nitrogen and oxygen atoms in total. The van der Waals surface area contributed by atoms with E-state index in [1.807, 2.05) is 37.3 Å². The van der Waals surface area contributed by atoms with Gasteiger partial charge in [-0.15, -0.1) is 5.10 Å². The molecule has 0 amide bonds. The lowest BCUT2D eigenvalue weighted by Gasteiger charge is -2.04. The van der Waals surface area contributed by atoms with Crippen molar-refractivity contribution in [2.24, 2.45) is 0 Å². The maximum atomic E-state index is 4.39. The van der Waals surface area contributed by atoms with Crippen LogP contribution in [-0.4, -0.2) is 25.0 Å². The molecule has 0 aliphatic carbocycles. The largest absolute Gasteiger partial charge is 0.250 e. The molecule has 2 heterocycles. The standard InChI is InChI=1S/C11H9N5/c1-8-11(9-5-3-2-4-6-9)12-7-10-13-14-15-16(8)10/h2-7H,1H3. The average Bonchev–Trinajstić information content (AvgIpc) is 2.80. The van der Waals surface area contributed by atoms with Crippen molar-refractivity contribution < 1.29 is 0 Å². The minimum absolute atomic E-state index is 0.664. The van der Waals surface area contributed by atoms with Gasteiger partial charge in [-0.3, -0.25) is 4.98 Å². The van der Waals surface area contributed by atoms with Gasteiger partial charge in [-0.1, -0.05) is 30.3 Å². The Hall–Kier alpha value is -2.30. The summed E-state index contributed by atoms with van der Waals surface area (Å²) in [4.78, 5) is 4.39. The molecule has 0 aliphatic heterocycles. The lowest BCUT2D eigenvalue weighted by Crippen LogP contribution is -1.99. The molecule has 0 bridgehead atoms. The van der Waals surface area contributed by atoms with Crippen LogP contribution in [0.1, 0.15) is 5.69 Å². The summed E-state index contributed by atoms with van der Waals surface area (Å²) in [6, 6.07) is 9.99. The van der Waals surface area contributed by atoms with E-state index in [4.69, 9.17) is 0 Å². The van der Waals surface area contributed by atoms with Gasteiger partial charge in [0.1, 0.15) is 0 Å². The molecule has 16 heavy (non-hydrogen) atoms. The van der Waals surface area contributed by atoms with Crippen LogP contribution < -0.4 is 0 Å². The third-order valence-electron chi connectivity index (χ3n) is 2.51. The second-order valence-corrected chi connectivity index (χ2v) is 3.51. The van der Waals surface area contributed by atoms with Crippen LogP contribution in [0.4, 0.5) is 0 Å². The Bertz CT molecular complexity index is 629. The molecule has 1 aromatic carbocycles. The Morgan fingerprint density at radius 2 is 1.94 bits per heavy atom. The number of hydrogen-bond donors (Lipinski definition) is 0. The van der Waals surface area contributed by atoms with Crippen LogP contribution in [0.25, 0.3) is 16.9 Å². The van der Waals surface area contributed by atoms with E-state index < -0.39 is 0 Å². The van der Waals surface area contributed by atoms with Crippen LogP contribution in [0, 0.1) is 6.92 Å². The summed E-state index contributed by atoms with van der Waals surface area (Å²) >= 11 is 0. The molecule has 0 N–H and O–H groups in total. The van der Waals surface area contributed by atoms with Crippen LogP contribution in [0.2, 0.25) is 0 Å². The van der Waals surface area contributed by atoms with Gasteiger partial charge in [0.25, 0.3) is 0 Å². The molecular weight excluding hydrogens is 202 g/mol. The van der Waals surface area contributed by atoms with Crippen molar-refractivity contribution in [2.45, 2.75) is 6.92 Å². The first-order chi connectivity index (χ1) is 7.86. The molecule has 3 rings (SSSR count). The molecule has 5 heteroatoms. The topological polar surface area (TPSA) is 56.0 Å². The van der Waals surface area contributed by atoms with Gasteiger partial charge in [-0.05, 0) is 17.4 Å². The second-order valence-electron chi connectivity index (χ2n) is 3.51. The van der Waals surface area contributed by atoms with E-state index in [0.29, 0.717) is 5.65 Å². The highest BCUT2D eigenvalue weighted by molar-refractivity contribution is 5.62. The zero-order chi connectivity index (χ0) is 11.0. The molecular formula is C11H9N5. The minimum atomic E-state index is 0.664. The zero-order valence-electron chi connectivity index (χ0n) is 8.70. The Labute approximate surface area is 91.8 Å². The van der Waals surface area contributed by atoms with E-state index in [1.54, 1.807) is 10.7 Å². The number of hydrogen-bond acceptors (Lipinski definition) is 4. The predicted molar refractivity (Wildman–Crippen MR) is 58.8 cm³/mol. The molecule has 0 aliphatic rings. The number of benzene rings is 1. The van der Waals surface area contributed by atoms with Crippen LogP contribution in [0.5, 0.6) is 0 Å². The molecule has 0 fully saturated rings. The van der Waals surface area contributed by atoms with E-state index in [0.717, 1.165) is 17.0 Å². The monoisotopic (exact) mass is 211 g/mol. The van der Waals surface area contributed by atoms with Gasteiger partial charge in [-0.2, -0.15) is 4.52 Å². The molecule has 0 atom stereocenters. The molecule has 0 spiro atoms. The third kappa shape index (κ3) is 1.25. The van der Waals surface area contributed by atoms with E-state index in [2.05, 4.69) is 20.5 Å². The number of fused-ring (bicyclic) bond motifs is 1. The number of aryl methyl sites for hydroxylation is 1. The smallest absolute Gasteiger partial charge is 0.197 e. The normalized spacial score (nSPS) is 10.8. The van der Waals surface area contributed by atoms with Gasteiger partial charge in [0.2, 0.25) is 0 Å². The van der Waals surface area contributed by atoms with Crippen LogP contribution >= 0.6 is 0 Å². The SMILES string of the molecule is Cc1c(-c2ccccc2)ncc2nnnn12.